The Bertz CT molecular complexity index is 244. The number of nitrogens with two attached hydrogens (primary N) is 1. The molecule has 2 N–H and O–H groups in total. The molecule has 2 nitrogen and oxygen atoms in total. The molecule has 0 aliphatic heterocycles. The first-order valence-electron chi connectivity index (χ1n) is 9.07. The van der Waals surface area contributed by atoms with Crippen LogP contribution < -0.4 is 5.73 Å². The summed E-state index contributed by atoms with van der Waals surface area (Å²) in [4.78, 5) is 2.80. The molecule has 1 aliphatic carbocycles. The maximum atomic E-state index is 6.37. The largest absolute Gasteiger partial charge is 0.329 e. The van der Waals surface area contributed by atoms with Crippen LogP contribution in [0, 0.1) is 11.8 Å². The lowest BCUT2D eigenvalue weighted by Crippen LogP contribution is -2.61. The van der Waals surface area contributed by atoms with E-state index in [1.165, 1.54) is 64.5 Å². The molecule has 0 bridgehead atoms. The third-order valence-electron chi connectivity index (χ3n) is 5.42. The molecule has 1 fully saturated rings. The Morgan fingerprint density at radius 1 is 1.10 bits per heavy atom. The average Bonchev–Trinajstić information content (AvgIpc) is 2.47. The minimum absolute atomic E-state index is 0.288. The first-order valence-corrected chi connectivity index (χ1v) is 9.07. The fourth-order valence-corrected chi connectivity index (χ4v) is 4.23. The van der Waals surface area contributed by atoms with E-state index >= 15 is 0 Å². The van der Waals surface area contributed by atoms with Crippen molar-refractivity contribution < 1.29 is 0 Å². The Hall–Kier alpha value is -0.0800. The van der Waals surface area contributed by atoms with Gasteiger partial charge in [0.05, 0.1) is 0 Å². The highest BCUT2D eigenvalue weighted by Gasteiger charge is 2.44. The Morgan fingerprint density at radius 2 is 1.70 bits per heavy atom. The van der Waals surface area contributed by atoms with Crippen molar-refractivity contribution in [2.45, 2.75) is 84.6 Å². The van der Waals surface area contributed by atoms with E-state index < -0.39 is 0 Å². The third kappa shape index (κ3) is 4.21. The molecular formula is C18H38N2. The van der Waals surface area contributed by atoms with Crippen molar-refractivity contribution in [3.05, 3.63) is 0 Å². The quantitative estimate of drug-likeness (QED) is 0.678. The van der Waals surface area contributed by atoms with Crippen LogP contribution in [0.1, 0.15) is 79.1 Å². The lowest BCUT2D eigenvalue weighted by Gasteiger charge is -2.53. The van der Waals surface area contributed by atoms with Crippen molar-refractivity contribution in [2.75, 3.05) is 19.6 Å². The molecule has 2 atom stereocenters. The minimum atomic E-state index is 0.288. The number of nitrogens with zero attached hydrogens (tertiary/aromatic N) is 1. The van der Waals surface area contributed by atoms with E-state index in [1.54, 1.807) is 0 Å². The normalized spacial score (nSPS) is 27.4. The average molecular weight is 283 g/mol. The van der Waals surface area contributed by atoms with Crippen LogP contribution in [-0.2, 0) is 0 Å². The maximum absolute atomic E-state index is 6.37. The van der Waals surface area contributed by atoms with Gasteiger partial charge >= 0.3 is 0 Å². The van der Waals surface area contributed by atoms with Crippen LogP contribution in [0.15, 0.2) is 0 Å². The van der Waals surface area contributed by atoms with Crippen molar-refractivity contribution in [3.63, 3.8) is 0 Å². The van der Waals surface area contributed by atoms with E-state index in [0.29, 0.717) is 0 Å². The van der Waals surface area contributed by atoms with Crippen molar-refractivity contribution >= 4 is 0 Å². The van der Waals surface area contributed by atoms with E-state index in [4.69, 9.17) is 5.73 Å². The fraction of sp³-hybridized carbons (Fsp3) is 1.00. The van der Waals surface area contributed by atoms with Crippen molar-refractivity contribution in [1.29, 1.82) is 0 Å². The van der Waals surface area contributed by atoms with Crippen molar-refractivity contribution in [2.24, 2.45) is 17.6 Å². The van der Waals surface area contributed by atoms with Gasteiger partial charge in [0, 0.05) is 12.1 Å². The molecule has 0 radical (unpaired) electrons. The molecule has 0 aromatic rings. The van der Waals surface area contributed by atoms with E-state index in [1.807, 2.05) is 0 Å². The molecule has 20 heavy (non-hydrogen) atoms. The highest BCUT2D eigenvalue weighted by atomic mass is 15.2. The molecule has 1 saturated carbocycles. The summed E-state index contributed by atoms with van der Waals surface area (Å²) in [6.45, 7) is 12.7. The number of hydrogen-bond donors (Lipinski definition) is 1. The summed E-state index contributed by atoms with van der Waals surface area (Å²) in [5.74, 6) is 1.54. The predicted molar refractivity (Wildman–Crippen MR) is 90.0 cm³/mol. The summed E-state index contributed by atoms with van der Waals surface area (Å²) >= 11 is 0. The van der Waals surface area contributed by atoms with Crippen LogP contribution in [0.2, 0.25) is 0 Å². The monoisotopic (exact) mass is 282 g/mol. The van der Waals surface area contributed by atoms with Gasteiger partial charge in [-0.05, 0) is 50.6 Å². The Labute approximate surface area is 127 Å². The highest BCUT2D eigenvalue weighted by Crippen LogP contribution is 2.42. The molecule has 0 aromatic heterocycles. The lowest BCUT2D eigenvalue weighted by molar-refractivity contribution is -0.0156. The zero-order chi connectivity index (χ0) is 15.0. The van der Waals surface area contributed by atoms with Crippen molar-refractivity contribution in [3.8, 4) is 0 Å². The van der Waals surface area contributed by atoms with Crippen LogP contribution >= 0.6 is 0 Å². The van der Waals surface area contributed by atoms with Gasteiger partial charge in [0.15, 0.2) is 0 Å². The molecule has 0 saturated heterocycles. The second kappa shape index (κ2) is 9.04. The van der Waals surface area contributed by atoms with Gasteiger partial charge in [-0.3, -0.25) is 4.90 Å². The Balaban J connectivity index is 2.92. The second-order valence-corrected chi connectivity index (χ2v) is 7.10. The van der Waals surface area contributed by atoms with Gasteiger partial charge in [0.1, 0.15) is 0 Å². The minimum Gasteiger partial charge on any atom is -0.329 e. The molecule has 2 heteroatoms. The molecule has 120 valence electrons. The van der Waals surface area contributed by atoms with Gasteiger partial charge in [-0.15, -0.1) is 0 Å². The topological polar surface area (TPSA) is 29.3 Å². The van der Waals surface area contributed by atoms with Gasteiger partial charge < -0.3 is 5.73 Å². The van der Waals surface area contributed by atoms with Crippen LogP contribution in [0.3, 0.4) is 0 Å². The summed E-state index contributed by atoms with van der Waals surface area (Å²) < 4.78 is 0. The summed E-state index contributed by atoms with van der Waals surface area (Å²) in [6, 6.07) is 0. The predicted octanol–water partition coefficient (Wildman–Crippen LogP) is 4.43. The van der Waals surface area contributed by atoms with Crippen LogP contribution in [-0.4, -0.2) is 30.1 Å². The molecule has 0 heterocycles. The molecule has 0 amide bonds. The van der Waals surface area contributed by atoms with Crippen LogP contribution in [0.5, 0.6) is 0 Å². The Kier molecular flexibility index (Phi) is 8.13. The van der Waals surface area contributed by atoms with E-state index in [9.17, 15) is 0 Å². The van der Waals surface area contributed by atoms with Crippen molar-refractivity contribution in [1.82, 2.24) is 4.90 Å². The SMILES string of the molecule is CCCCN(CCCC)C1(CN)CCCCC1C(C)C. The van der Waals surface area contributed by atoms with Crippen LogP contribution in [0.4, 0.5) is 0 Å². The molecule has 2 unspecified atom stereocenters. The van der Waals surface area contributed by atoms with E-state index in [0.717, 1.165) is 18.4 Å². The molecule has 0 spiro atoms. The number of unbranched alkanes of at least 4 members (excludes halogenated alkanes) is 2. The van der Waals surface area contributed by atoms with Crippen LogP contribution in [0.25, 0.3) is 0 Å². The van der Waals surface area contributed by atoms with Gasteiger partial charge in [-0.2, -0.15) is 0 Å². The summed E-state index contributed by atoms with van der Waals surface area (Å²) in [7, 11) is 0. The number of rotatable bonds is 9. The standard InChI is InChI=1S/C18H38N2/c1-5-7-13-20(14-8-6-2)18(15-19)12-10-9-11-17(18)16(3)4/h16-17H,5-15,19H2,1-4H3. The molecule has 0 aromatic carbocycles. The first-order chi connectivity index (χ1) is 9.62. The molecule has 1 aliphatic rings. The summed E-state index contributed by atoms with van der Waals surface area (Å²) in [5, 5.41) is 0. The van der Waals surface area contributed by atoms with Gasteiger partial charge in [0.25, 0.3) is 0 Å². The second-order valence-electron chi connectivity index (χ2n) is 7.10. The Morgan fingerprint density at radius 3 is 2.15 bits per heavy atom. The number of hydrogen-bond acceptors (Lipinski definition) is 2. The lowest BCUT2D eigenvalue weighted by atomic mass is 9.66. The molecule has 1 rings (SSSR count). The fourth-order valence-electron chi connectivity index (χ4n) is 4.23. The highest BCUT2D eigenvalue weighted by molar-refractivity contribution is 5.01. The molecular weight excluding hydrogens is 244 g/mol. The van der Waals surface area contributed by atoms with E-state index in [-0.39, 0.29) is 5.54 Å². The third-order valence-corrected chi connectivity index (χ3v) is 5.42. The van der Waals surface area contributed by atoms with Gasteiger partial charge in [-0.1, -0.05) is 53.4 Å². The first kappa shape index (κ1) is 18.0. The summed E-state index contributed by atoms with van der Waals surface area (Å²) in [5.41, 5.74) is 6.66. The zero-order valence-corrected chi connectivity index (χ0v) is 14.5. The maximum Gasteiger partial charge on any atom is 0.0362 e. The van der Waals surface area contributed by atoms with Gasteiger partial charge in [0.2, 0.25) is 0 Å². The summed E-state index contributed by atoms with van der Waals surface area (Å²) in [6.07, 6.45) is 10.7. The van der Waals surface area contributed by atoms with Gasteiger partial charge in [-0.25, -0.2) is 0 Å². The zero-order valence-electron chi connectivity index (χ0n) is 14.5. The smallest absolute Gasteiger partial charge is 0.0362 e. The van der Waals surface area contributed by atoms with E-state index in [2.05, 4.69) is 32.6 Å².